The zero-order valence-corrected chi connectivity index (χ0v) is 19.4. The van der Waals surface area contributed by atoms with Crippen LogP contribution < -0.4 is 0 Å². The van der Waals surface area contributed by atoms with E-state index in [2.05, 4.69) is 9.97 Å². The Kier molecular flexibility index (Phi) is 12.6. The lowest BCUT2D eigenvalue weighted by Crippen LogP contribution is -2.29. The summed E-state index contributed by atoms with van der Waals surface area (Å²) < 4.78 is 0. The third-order valence-corrected chi connectivity index (χ3v) is 4.88. The molecule has 2 aliphatic heterocycles. The van der Waals surface area contributed by atoms with Crippen LogP contribution in [0.1, 0.15) is 44.2 Å². The number of hydrogen-bond acceptors (Lipinski definition) is 8. The van der Waals surface area contributed by atoms with Crippen molar-refractivity contribution in [3.8, 4) is 0 Å². The number of alkyl halides is 1. The highest BCUT2D eigenvalue weighted by Crippen LogP contribution is 2.14. The van der Waals surface area contributed by atoms with Gasteiger partial charge in [-0.1, -0.05) is 42.8 Å². The van der Waals surface area contributed by atoms with Gasteiger partial charge in [0, 0.05) is 44.0 Å². The van der Waals surface area contributed by atoms with E-state index >= 15 is 0 Å². The molecule has 184 valence electrons. The molecule has 2 saturated heterocycles. The van der Waals surface area contributed by atoms with E-state index in [4.69, 9.17) is 44.8 Å². The minimum atomic E-state index is -0.505. The van der Waals surface area contributed by atoms with E-state index in [9.17, 15) is 19.2 Å². The van der Waals surface area contributed by atoms with Crippen molar-refractivity contribution in [2.45, 2.75) is 45.6 Å². The standard InChI is InChI=1S/C10H9ClN2O3.C6H5Cl2N.C4H5NO3.CH4/c11-8-2-1-7(5-12-8)6-16-13-9(14)3-4-10(13)15;7-3-5-1-2-6(8)9-4-5;6-3-1-2-4(7)5(3)8;/h1-2,5H,3-4,6H2;1-2,4H,3H2;8H,1-2H2;1H4. The van der Waals surface area contributed by atoms with Gasteiger partial charge in [-0.2, -0.15) is 10.1 Å². The Hall–Kier alpha value is -2.63. The summed E-state index contributed by atoms with van der Waals surface area (Å²) in [6.07, 6.45) is 3.93. The van der Waals surface area contributed by atoms with Gasteiger partial charge in [0.1, 0.15) is 16.9 Å². The molecule has 13 heteroatoms. The van der Waals surface area contributed by atoms with Gasteiger partial charge in [-0.05, 0) is 23.3 Å². The van der Waals surface area contributed by atoms with Crippen molar-refractivity contribution in [3.63, 3.8) is 0 Å². The predicted molar refractivity (Wildman–Crippen MR) is 124 cm³/mol. The zero-order valence-electron chi connectivity index (χ0n) is 17.1. The number of pyridine rings is 2. The molecule has 0 saturated carbocycles. The van der Waals surface area contributed by atoms with Gasteiger partial charge in [0.15, 0.2) is 0 Å². The Balaban J connectivity index is 0.000000274. The van der Waals surface area contributed by atoms with Gasteiger partial charge in [-0.25, -0.2) is 9.97 Å². The smallest absolute Gasteiger partial charge is 0.254 e. The summed E-state index contributed by atoms with van der Waals surface area (Å²) in [7, 11) is 0. The number of hydrogen-bond donors (Lipinski definition) is 1. The summed E-state index contributed by atoms with van der Waals surface area (Å²) in [5.41, 5.74) is 1.73. The first kappa shape index (κ1) is 29.4. The highest BCUT2D eigenvalue weighted by molar-refractivity contribution is 6.29. The summed E-state index contributed by atoms with van der Waals surface area (Å²) in [6.45, 7) is 0.127. The second-order valence-corrected chi connectivity index (χ2v) is 7.61. The molecule has 0 unspecified atom stereocenters. The summed E-state index contributed by atoms with van der Waals surface area (Å²) in [4.78, 5) is 55.7. The summed E-state index contributed by atoms with van der Waals surface area (Å²) in [5.74, 6) is -1.12. The lowest BCUT2D eigenvalue weighted by Gasteiger charge is -2.12. The Morgan fingerprint density at radius 1 is 0.794 bits per heavy atom. The van der Waals surface area contributed by atoms with Crippen molar-refractivity contribution in [3.05, 3.63) is 58.1 Å². The molecule has 0 aromatic carbocycles. The van der Waals surface area contributed by atoms with Crippen LogP contribution >= 0.6 is 34.8 Å². The first-order chi connectivity index (χ1) is 15.7. The van der Waals surface area contributed by atoms with E-state index < -0.39 is 11.8 Å². The lowest BCUT2D eigenvalue weighted by molar-refractivity contribution is -0.191. The Labute approximate surface area is 211 Å². The molecule has 34 heavy (non-hydrogen) atoms. The maximum atomic E-state index is 11.2. The number of carbonyl (C=O) groups excluding carboxylic acids is 4. The van der Waals surface area contributed by atoms with Crippen molar-refractivity contribution in [1.82, 2.24) is 20.1 Å². The quantitative estimate of drug-likeness (QED) is 0.271. The molecule has 0 radical (unpaired) electrons. The van der Waals surface area contributed by atoms with E-state index in [1.807, 2.05) is 6.07 Å². The summed E-state index contributed by atoms with van der Waals surface area (Å²) in [6, 6.07) is 6.91. The second-order valence-electron chi connectivity index (χ2n) is 6.57. The van der Waals surface area contributed by atoms with Crippen LogP contribution in [-0.4, -0.2) is 48.9 Å². The van der Waals surface area contributed by atoms with Crippen LogP contribution in [0.3, 0.4) is 0 Å². The monoisotopic (exact) mass is 532 g/mol. The van der Waals surface area contributed by atoms with Gasteiger partial charge >= 0.3 is 0 Å². The Morgan fingerprint density at radius 3 is 1.59 bits per heavy atom. The van der Waals surface area contributed by atoms with Crippen LogP contribution in [0.5, 0.6) is 0 Å². The molecule has 0 spiro atoms. The molecule has 0 atom stereocenters. The molecule has 1 N–H and O–H groups in total. The largest absolute Gasteiger partial charge is 0.279 e. The van der Waals surface area contributed by atoms with Gasteiger partial charge in [-0.3, -0.25) is 29.2 Å². The number of amides is 4. The molecule has 2 aromatic heterocycles. The van der Waals surface area contributed by atoms with Gasteiger partial charge in [0.2, 0.25) is 0 Å². The molecule has 2 aliphatic rings. The van der Waals surface area contributed by atoms with E-state index in [1.165, 1.54) is 6.20 Å². The van der Waals surface area contributed by atoms with Gasteiger partial charge < -0.3 is 0 Å². The number of imide groups is 2. The van der Waals surface area contributed by atoms with Crippen LogP contribution in [0.4, 0.5) is 0 Å². The van der Waals surface area contributed by atoms with Crippen molar-refractivity contribution in [2.24, 2.45) is 0 Å². The first-order valence-corrected chi connectivity index (χ1v) is 10.8. The highest BCUT2D eigenvalue weighted by Gasteiger charge is 2.30. The maximum Gasteiger partial charge on any atom is 0.254 e. The number of aromatic nitrogens is 2. The van der Waals surface area contributed by atoms with Crippen molar-refractivity contribution < 1.29 is 29.2 Å². The van der Waals surface area contributed by atoms with E-state index in [0.717, 1.165) is 16.2 Å². The van der Waals surface area contributed by atoms with Crippen molar-refractivity contribution >= 4 is 58.4 Å². The fourth-order valence-corrected chi connectivity index (χ4v) is 2.76. The number of hydroxylamine groups is 4. The van der Waals surface area contributed by atoms with E-state index in [-0.39, 0.29) is 56.6 Å². The average Bonchev–Trinajstić information content (AvgIpc) is 3.29. The number of halogens is 3. The molecule has 4 heterocycles. The predicted octanol–water partition coefficient (Wildman–Crippen LogP) is 3.95. The van der Waals surface area contributed by atoms with Gasteiger partial charge in [-0.15, -0.1) is 11.6 Å². The van der Waals surface area contributed by atoms with E-state index in [0.29, 0.717) is 16.2 Å². The normalized spacial score (nSPS) is 14.8. The number of rotatable bonds is 4. The average molecular weight is 534 g/mol. The van der Waals surface area contributed by atoms with Crippen molar-refractivity contribution in [2.75, 3.05) is 0 Å². The van der Waals surface area contributed by atoms with Crippen LogP contribution in [0, 0.1) is 0 Å². The molecule has 4 rings (SSSR count). The molecule has 2 aromatic rings. The van der Waals surface area contributed by atoms with Crippen LogP contribution in [-0.2, 0) is 36.5 Å². The first-order valence-electron chi connectivity index (χ1n) is 9.51. The van der Waals surface area contributed by atoms with Crippen LogP contribution in [0.2, 0.25) is 10.3 Å². The Bertz CT molecular complexity index is 957. The van der Waals surface area contributed by atoms with Crippen LogP contribution in [0.15, 0.2) is 36.7 Å². The second kappa shape index (κ2) is 14.6. The van der Waals surface area contributed by atoms with E-state index in [1.54, 1.807) is 24.4 Å². The lowest BCUT2D eigenvalue weighted by atomic mass is 10.3. The topological polar surface area (TPSA) is 130 Å². The Morgan fingerprint density at radius 2 is 1.24 bits per heavy atom. The maximum absolute atomic E-state index is 11.2. The minimum absolute atomic E-state index is 0. The fourth-order valence-electron chi connectivity index (χ4n) is 2.38. The minimum Gasteiger partial charge on any atom is -0.279 e. The molecular formula is C21H23Cl3N4O6. The molecule has 2 fully saturated rings. The zero-order chi connectivity index (χ0) is 24.4. The summed E-state index contributed by atoms with van der Waals surface area (Å²) >= 11 is 16.6. The van der Waals surface area contributed by atoms with Crippen molar-refractivity contribution in [1.29, 1.82) is 0 Å². The van der Waals surface area contributed by atoms with Gasteiger partial charge in [0.25, 0.3) is 23.6 Å². The number of carbonyl (C=O) groups is 4. The fraction of sp³-hybridized carbons (Fsp3) is 0.333. The highest BCUT2D eigenvalue weighted by atomic mass is 35.5. The van der Waals surface area contributed by atoms with Gasteiger partial charge in [0.05, 0.1) is 0 Å². The number of nitrogens with zero attached hydrogens (tertiary/aromatic N) is 4. The molecule has 4 amide bonds. The molecular weight excluding hydrogens is 511 g/mol. The van der Waals surface area contributed by atoms with Crippen LogP contribution in [0.25, 0.3) is 0 Å². The molecule has 10 nitrogen and oxygen atoms in total. The third-order valence-electron chi connectivity index (χ3n) is 4.12. The molecule has 0 bridgehead atoms. The third kappa shape index (κ3) is 9.32. The molecule has 0 aliphatic carbocycles. The SMILES string of the molecule is C.ClCc1ccc(Cl)nc1.O=C1CCC(=O)N1O.O=C1CCC(=O)N1OCc1ccc(Cl)nc1. The summed E-state index contributed by atoms with van der Waals surface area (Å²) in [5, 5.41) is 10.3.